The van der Waals surface area contributed by atoms with Crippen LogP contribution in [0.4, 0.5) is 0 Å². The van der Waals surface area contributed by atoms with Crippen molar-refractivity contribution in [2.75, 3.05) is 13.9 Å². The van der Waals surface area contributed by atoms with Crippen LogP contribution in [0.25, 0.3) is 0 Å². The molecule has 0 bridgehead atoms. The quantitative estimate of drug-likeness (QED) is 0.690. The highest BCUT2D eigenvalue weighted by molar-refractivity contribution is 6.30. The van der Waals surface area contributed by atoms with Crippen LogP contribution in [0.15, 0.2) is 41.5 Å². The molecular formula is C16H13ClN2O4. The first-order valence-electron chi connectivity index (χ1n) is 6.74. The van der Waals surface area contributed by atoms with Gasteiger partial charge in [0.05, 0.1) is 13.3 Å². The Kier molecular flexibility index (Phi) is 4.34. The van der Waals surface area contributed by atoms with Gasteiger partial charge in [0.15, 0.2) is 11.5 Å². The molecule has 0 aliphatic carbocycles. The van der Waals surface area contributed by atoms with Crippen molar-refractivity contribution in [2.24, 2.45) is 5.10 Å². The van der Waals surface area contributed by atoms with Crippen molar-refractivity contribution < 1.29 is 19.0 Å². The number of rotatable bonds is 4. The maximum atomic E-state index is 11.9. The van der Waals surface area contributed by atoms with Gasteiger partial charge in [-0.25, -0.2) is 5.43 Å². The Morgan fingerprint density at radius 1 is 1.26 bits per heavy atom. The maximum Gasteiger partial charge on any atom is 0.271 e. The molecule has 0 unspecified atom stereocenters. The molecule has 0 atom stereocenters. The van der Waals surface area contributed by atoms with E-state index in [2.05, 4.69) is 10.5 Å². The highest BCUT2D eigenvalue weighted by Crippen LogP contribution is 2.37. The summed E-state index contributed by atoms with van der Waals surface area (Å²) >= 11 is 5.78. The maximum absolute atomic E-state index is 11.9. The van der Waals surface area contributed by atoms with Gasteiger partial charge in [0.25, 0.3) is 5.91 Å². The molecule has 0 saturated heterocycles. The molecule has 1 amide bonds. The van der Waals surface area contributed by atoms with E-state index < -0.39 is 0 Å². The van der Waals surface area contributed by atoms with Gasteiger partial charge >= 0.3 is 0 Å². The minimum Gasteiger partial charge on any atom is -0.496 e. The van der Waals surface area contributed by atoms with Crippen molar-refractivity contribution in [2.45, 2.75) is 0 Å². The number of ether oxygens (including phenoxy) is 3. The van der Waals surface area contributed by atoms with E-state index >= 15 is 0 Å². The second kappa shape index (κ2) is 6.58. The second-order valence-corrected chi connectivity index (χ2v) is 5.09. The van der Waals surface area contributed by atoms with E-state index in [1.54, 1.807) is 43.5 Å². The number of benzene rings is 2. The van der Waals surface area contributed by atoms with Crippen LogP contribution in [-0.2, 0) is 0 Å². The normalized spacial score (nSPS) is 12.4. The first kappa shape index (κ1) is 15.2. The van der Waals surface area contributed by atoms with Gasteiger partial charge in [-0.2, -0.15) is 5.10 Å². The van der Waals surface area contributed by atoms with E-state index in [9.17, 15) is 4.79 Å². The molecule has 0 fully saturated rings. The summed E-state index contributed by atoms with van der Waals surface area (Å²) in [5, 5.41) is 4.51. The number of fused-ring (bicyclic) bond motifs is 1. The number of carbonyl (C=O) groups excluding carboxylic acids is 1. The minimum atomic E-state index is -0.336. The van der Waals surface area contributed by atoms with Gasteiger partial charge in [-0.3, -0.25) is 4.79 Å². The molecule has 2 aromatic rings. The fourth-order valence-electron chi connectivity index (χ4n) is 2.04. The molecule has 2 aromatic carbocycles. The van der Waals surface area contributed by atoms with Gasteiger partial charge in [0, 0.05) is 22.2 Å². The molecule has 3 rings (SSSR count). The van der Waals surface area contributed by atoms with E-state index in [1.165, 1.54) is 6.21 Å². The number of hydrazone groups is 1. The number of halogens is 1. The van der Waals surface area contributed by atoms with Crippen molar-refractivity contribution >= 4 is 23.7 Å². The lowest BCUT2D eigenvalue weighted by Crippen LogP contribution is -2.17. The van der Waals surface area contributed by atoms with Crippen LogP contribution >= 0.6 is 11.6 Å². The molecule has 6 nitrogen and oxygen atoms in total. The number of amides is 1. The predicted molar refractivity (Wildman–Crippen MR) is 85.6 cm³/mol. The van der Waals surface area contributed by atoms with Crippen molar-refractivity contribution in [3.05, 3.63) is 52.5 Å². The average Bonchev–Trinajstić information content (AvgIpc) is 3.01. The molecule has 1 heterocycles. The summed E-state index contributed by atoms with van der Waals surface area (Å²) in [5.74, 6) is 1.46. The Morgan fingerprint density at radius 3 is 2.65 bits per heavy atom. The summed E-state index contributed by atoms with van der Waals surface area (Å²) < 4.78 is 15.9. The Bertz CT molecular complexity index is 759. The standard InChI is InChI=1S/C16H13ClN2O4/c1-21-13-7-15-14(22-9-23-15)6-11(13)8-18-19-16(20)10-2-4-12(17)5-3-10/h2-8H,9H2,1H3,(H,19,20)/b18-8-. The Labute approximate surface area is 137 Å². The van der Waals surface area contributed by atoms with E-state index in [4.69, 9.17) is 25.8 Å². The molecule has 118 valence electrons. The lowest BCUT2D eigenvalue weighted by Gasteiger charge is -2.06. The van der Waals surface area contributed by atoms with E-state index in [1.807, 2.05) is 0 Å². The van der Waals surface area contributed by atoms with Crippen LogP contribution in [0.3, 0.4) is 0 Å². The molecule has 0 radical (unpaired) electrons. The van der Waals surface area contributed by atoms with E-state index in [-0.39, 0.29) is 12.7 Å². The third kappa shape index (κ3) is 3.37. The molecule has 0 spiro atoms. The SMILES string of the molecule is COc1cc2c(cc1/C=N\NC(=O)c1ccc(Cl)cc1)OCO2. The van der Waals surface area contributed by atoms with E-state index in [0.29, 0.717) is 33.4 Å². The zero-order valence-electron chi connectivity index (χ0n) is 12.2. The van der Waals surface area contributed by atoms with Gasteiger partial charge in [-0.1, -0.05) is 11.6 Å². The van der Waals surface area contributed by atoms with Crippen LogP contribution < -0.4 is 19.6 Å². The lowest BCUT2D eigenvalue weighted by atomic mass is 10.2. The number of nitrogens with zero attached hydrogens (tertiary/aromatic N) is 1. The molecule has 7 heteroatoms. The largest absolute Gasteiger partial charge is 0.496 e. The minimum absolute atomic E-state index is 0.173. The zero-order chi connectivity index (χ0) is 16.2. The Hall–Kier alpha value is -2.73. The zero-order valence-corrected chi connectivity index (χ0v) is 13.0. The highest BCUT2D eigenvalue weighted by atomic mass is 35.5. The monoisotopic (exact) mass is 332 g/mol. The van der Waals surface area contributed by atoms with Crippen molar-refractivity contribution in [1.29, 1.82) is 0 Å². The summed E-state index contributed by atoms with van der Waals surface area (Å²) in [6, 6.07) is 9.97. The summed E-state index contributed by atoms with van der Waals surface area (Å²) in [6.07, 6.45) is 1.48. The van der Waals surface area contributed by atoms with Gasteiger partial charge in [0.2, 0.25) is 6.79 Å². The summed E-state index contributed by atoms with van der Waals surface area (Å²) in [5.41, 5.74) is 3.57. The number of carbonyl (C=O) groups is 1. The Morgan fingerprint density at radius 2 is 1.96 bits per heavy atom. The van der Waals surface area contributed by atoms with Crippen molar-refractivity contribution in [3.8, 4) is 17.2 Å². The van der Waals surface area contributed by atoms with Crippen LogP contribution in [0, 0.1) is 0 Å². The lowest BCUT2D eigenvalue weighted by molar-refractivity contribution is 0.0955. The van der Waals surface area contributed by atoms with Crippen molar-refractivity contribution in [1.82, 2.24) is 5.43 Å². The third-order valence-electron chi connectivity index (χ3n) is 3.20. The smallest absolute Gasteiger partial charge is 0.271 e. The number of nitrogens with one attached hydrogen (secondary N) is 1. The first-order chi connectivity index (χ1) is 11.2. The molecule has 1 aliphatic heterocycles. The molecule has 0 saturated carbocycles. The molecule has 23 heavy (non-hydrogen) atoms. The van der Waals surface area contributed by atoms with Gasteiger partial charge in [-0.05, 0) is 30.3 Å². The predicted octanol–water partition coefficient (Wildman–Crippen LogP) is 2.84. The third-order valence-corrected chi connectivity index (χ3v) is 3.45. The first-order valence-corrected chi connectivity index (χ1v) is 7.12. The molecule has 0 aromatic heterocycles. The van der Waals surface area contributed by atoms with E-state index in [0.717, 1.165) is 0 Å². The highest BCUT2D eigenvalue weighted by Gasteiger charge is 2.17. The summed E-state index contributed by atoms with van der Waals surface area (Å²) in [7, 11) is 1.54. The molecular weight excluding hydrogens is 320 g/mol. The van der Waals surface area contributed by atoms with Crippen molar-refractivity contribution in [3.63, 3.8) is 0 Å². The molecule has 1 aliphatic rings. The average molecular weight is 333 g/mol. The summed E-state index contributed by atoms with van der Waals surface area (Å²) in [4.78, 5) is 11.9. The number of hydrogen-bond donors (Lipinski definition) is 1. The van der Waals surface area contributed by atoms with Crippen LogP contribution in [0.1, 0.15) is 15.9 Å². The van der Waals surface area contributed by atoms with Crippen LogP contribution in [0.5, 0.6) is 17.2 Å². The molecule has 1 N–H and O–H groups in total. The summed E-state index contributed by atoms with van der Waals surface area (Å²) in [6.45, 7) is 0.173. The van der Waals surface area contributed by atoms with Crippen LogP contribution in [-0.4, -0.2) is 26.0 Å². The number of methoxy groups -OCH3 is 1. The topological polar surface area (TPSA) is 69.2 Å². The van der Waals surface area contributed by atoms with Gasteiger partial charge in [-0.15, -0.1) is 0 Å². The van der Waals surface area contributed by atoms with Gasteiger partial charge in [0.1, 0.15) is 5.75 Å². The fraction of sp³-hybridized carbons (Fsp3) is 0.125. The Balaban J connectivity index is 1.73. The second-order valence-electron chi connectivity index (χ2n) is 4.65. The number of hydrogen-bond acceptors (Lipinski definition) is 5. The van der Waals surface area contributed by atoms with Crippen LogP contribution in [0.2, 0.25) is 5.02 Å². The fourth-order valence-corrected chi connectivity index (χ4v) is 2.17. The van der Waals surface area contributed by atoms with Gasteiger partial charge < -0.3 is 14.2 Å².